The van der Waals surface area contributed by atoms with Crippen molar-refractivity contribution < 1.29 is 13.2 Å². The fourth-order valence-electron chi connectivity index (χ4n) is 4.41. The lowest BCUT2D eigenvalue weighted by atomic mass is 9.86. The molecule has 0 bridgehead atoms. The molecule has 0 radical (unpaired) electrons. The second-order valence-electron chi connectivity index (χ2n) is 11.0. The molecule has 7 heteroatoms. The fourth-order valence-corrected chi connectivity index (χ4v) is 6.00. The van der Waals surface area contributed by atoms with Crippen LogP contribution in [-0.4, -0.2) is 14.3 Å². The molecule has 0 saturated heterocycles. The average Bonchev–Trinajstić information content (AvgIpc) is 2.92. The smallest absolute Gasteiger partial charge is 0.264 e. The van der Waals surface area contributed by atoms with Gasteiger partial charge in [-0.05, 0) is 72.4 Å². The number of anilines is 1. The number of rotatable bonds is 8. The Morgan fingerprint density at radius 2 is 1.48 bits per heavy atom. The van der Waals surface area contributed by atoms with Crippen molar-refractivity contribution in [2.75, 3.05) is 4.31 Å². The molecule has 0 aliphatic carbocycles. The van der Waals surface area contributed by atoms with Crippen molar-refractivity contribution in [1.82, 2.24) is 5.32 Å². The summed E-state index contributed by atoms with van der Waals surface area (Å²) >= 11 is 6.08. The molecule has 0 spiro atoms. The van der Waals surface area contributed by atoms with Crippen LogP contribution in [0.15, 0.2) is 102 Å². The maximum atomic E-state index is 14.0. The molecule has 4 rings (SSSR count). The van der Waals surface area contributed by atoms with E-state index in [1.54, 1.807) is 72.8 Å². The largest absolute Gasteiger partial charge is 0.345 e. The minimum absolute atomic E-state index is 0.0282. The number of carbonyl (C=O) groups excluding carboxylic acids is 1. The molecular formula is C33H35ClN2O3S. The lowest BCUT2D eigenvalue weighted by Gasteiger charge is -2.27. The highest BCUT2D eigenvalue weighted by Crippen LogP contribution is 2.31. The van der Waals surface area contributed by atoms with Crippen LogP contribution in [0.5, 0.6) is 0 Å². The summed E-state index contributed by atoms with van der Waals surface area (Å²) in [4.78, 5) is 13.8. The van der Waals surface area contributed by atoms with Crippen LogP contribution in [0.3, 0.4) is 0 Å². The molecule has 5 nitrogen and oxygen atoms in total. The standard InChI is InChI=1S/C33H35ClN2O3S/c1-23-10-20-29(21-11-23)40(38,39)36(22-25-12-18-28(34)19-13-25)31-9-7-6-8-30(31)32(37)35-24(2)26-14-16-27(17-15-26)33(3,4)5/h6-21,24H,22H2,1-5H3,(H,35,37). The zero-order valence-corrected chi connectivity index (χ0v) is 25.1. The normalized spacial score (nSPS) is 12.6. The summed E-state index contributed by atoms with van der Waals surface area (Å²) in [6.45, 7) is 10.3. The summed E-state index contributed by atoms with van der Waals surface area (Å²) in [7, 11) is -4.01. The van der Waals surface area contributed by atoms with Crippen molar-refractivity contribution in [3.05, 3.63) is 130 Å². The first-order valence-corrected chi connectivity index (χ1v) is 15.0. The lowest BCUT2D eigenvalue weighted by Crippen LogP contribution is -2.34. The van der Waals surface area contributed by atoms with Crippen molar-refractivity contribution in [1.29, 1.82) is 0 Å². The SMILES string of the molecule is Cc1ccc(S(=O)(=O)N(Cc2ccc(Cl)cc2)c2ccccc2C(=O)NC(C)c2ccc(C(C)(C)C)cc2)cc1. The van der Waals surface area contributed by atoms with Gasteiger partial charge in [0.05, 0.1) is 28.7 Å². The zero-order chi connectivity index (χ0) is 29.1. The molecule has 0 saturated carbocycles. The van der Waals surface area contributed by atoms with Gasteiger partial charge in [-0.15, -0.1) is 0 Å². The van der Waals surface area contributed by atoms with Crippen LogP contribution >= 0.6 is 11.6 Å². The first-order valence-electron chi connectivity index (χ1n) is 13.2. The first kappa shape index (κ1) is 29.4. The van der Waals surface area contributed by atoms with Gasteiger partial charge in [-0.25, -0.2) is 8.42 Å². The number of aryl methyl sites for hydroxylation is 1. The van der Waals surface area contributed by atoms with Gasteiger partial charge in [-0.2, -0.15) is 0 Å². The van der Waals surface area contributed by atoms with E-state index in [4.69, 9.17) is 11.6 Å². The van der Waals surface area contributed by atoms with Gasteiger partial charge in [0, 0.05) is 5.02 Å². The van der Waals surface area contributed by atoms with Crippen LogP contribution in [0.1, 0.15) is 66.3 Å². The van der Waals surface area contributed by atoms with Crippen LogP contribution in [0.25, 0.3) is 0 Å². The summed E-state index contributed by atoms with van der Waals surface area (Å²) in [5, 5.41) is 3.61. The first-order chi connectivity index (χ1) is 18.9. The molecule has 1 N–H and O–H groups in total. The maximum absolute atomic E-state index is 14.0. The van der Waals surface area contributed by atoms with Crippen LogP contribution in [0.4, 0.5) is 5.69 Å². The number of amides is 1. The van der Waals surface area contributed by atoms with E-state index in [0.29, 0.717) is 10.7 Å². The van der Waals surface area contributed by atoms with Crippen molar-refractivity contribution >= 4 is 33.2 Å². The van der Waals surface area contributed by atoms with Gasteiger partial charge in [0.2, 0.25) is 0 Å². The number of hydrogen-bond donors (Lipinski definition) is 1. The Morgan fingerprint density at radius 3 is 2.08 bits per heavy atom. The molecule has 4 aromatic rings. The van der Waals surface area contributed by atoms with Crippen molar-refractivity contribution in [3.63, 3.8) is 0 Å². The van der Waals surface area contributed by atoms with Gasteiger partial charge >= 0.3 is 0 Å². The molecule has 0 aromatic heterocycles. The fraction of sp³-hybridized carbons (Fsp3) is 0.242. The molecule has 0 aliphatic rings. The zero-order valence-electron chi connectivity index (χ0n) is 23.5. The average molecular weight is 575 g/mol. The predicted octanol–water partition coefficient (Wildman–Crippen LogP) is 7.83. The van der Waals surface area contributed by atoms with Crippen LogP contribution in [0, 0.1) is 6.92 Å². The summed E-state index contributed by atoms with van der Waals surface area (Å²) < 4.78 is 29.3. The number of benzene rings is 4. The number of nitrogens with zero attached hydrogens (tertiary/aromatic N) is 1. The summed E-state index contributed by atoms with van der Waals surface area (Å²) in [5.74, 6) is -0.358. The minimum atomic E-state index is -4.01. The number of sulfonamides is 1. The third-order valence-electron chi connectivity index (χ3n) is 6.89. The van der Waals surface area contributed by atoms with Crippen LogP contribution in [-0.2, 0) is 22.0 Å². The molecule has 40 heavy (non-hydrogen) atoms. The monoisotopic (exact) mass is 574 g/mol. The third-order valence-corrected chi connectivity index (χ3v) is 8.92. The number of nitrogens with one attached hydrogen (secondary N) is 1. The van der Waals surface area contributed by atoms with E-state index in [1.165, 1.54) is 9.87 Å². The Kier molecular flexibility index (Phi) is 8.71. The Labute approximate surface area is 242 Å². The van der Waals surface area contributed by atoms with Gasteiger partial charge in [0.25, 0.3) is 15.9 Å². The Bertz CT molecular complexity index is 1580. The van der Waals surface area contributed by atoms with Crippen molar-refractivity contribution in [3.8, 4) is 0 Å². The number of hydrogen-bond acceptors (Lipinski definition) is 3. The molecule has 0 fully saturated rings. The third kappa shape index (κ3) is 6.75. The molecule has 208 valence electrons. The van der Waals surface area contributed by atoms with E-state index in [-0.39, 0.29) is 34.4 Å². The maximum Gasteiger partial charge on any atom is 0.264 e. The van der Waals surface area contributed by atoms with E-state index in [2.05, 4.69) is 38.2 Å². The van der Waals surface area contributed by atoms with Crippen molar-refractivity contribution in [2.45, 2.75) is 57.5 Å². The summed E-state index contributed by atoms with van der Waals surface area (Å²) in [6, 6.07) is 28.4. The topological polar surface area (TPSA) is 66.5 Å². The van der Waals surface area contributed by atoms with E-state index < -0.39 is 10.0 Å². The number of para-hydroxylation sites is 1. The summed E-state index contributed by atoms with van der Waals surface area (Å²) in [6.07, 6.45) is 0. The van der Waals surface area contributed by atoms with Gasteiger partial charge in [0.15, 0.2) is 0 Å². The van der Waals surface area contributed by atoms with Gasteiger partial charge in [-0.3, -0.25) is 9.10 Å². The van der Waals surface area contributed by atoms with Crippen LogP contribution in [0.2, 0.25) is 5.02 Å². The molecule has 0 heterocycles. The van der Waals surface area contributed by atoms with E-state index in [0.717, 1.165) is 16.7 Å². The molecular weight excluding hydrogens is 540 g/mol. The predicted molar refractivity (Wildman–Crippen MR) is 163 cm³/mol. The molecule has 4 aromatic carbocycles. The number of halogens is 1. The Balaban J connectivity index is 1.70. The molecule has 1 amide bonds. The van der Waals surface area contributed by atoms with Crippen LogP contribution < -0.4 is 9.62 Å². The van der Waals surface area contributed by atoms with Gasteiger partial charge in [0.1, 0.15) is 0 Å². The Hall–Kier alpha value is -3.61. The van der Waals surface area contributed by atoms with Gasteiger partial charge in [-0.1, -0.05) is 98.6 Å². The highest BCUT2D eigenvalue weighted by atomic mass is 35.5. The molecule has 1 atom stereocenters. The highest BCUT2D eigenvalue weighted by molar-refractivity contribution is 7.92. The summed E-state index contributed by atoms with van der Waals surface area (Å²) in [5.41, 5.74) is 4.45. The quantitative estimate of drug-likeness (QED) is 0.233. The second kappa shape index (κ2) is 11.9. The highest BCUT2D eigenvalue weighted by Gasteiger charge is 2.29. The van der Waals surface area contributed by atoms with E-state index >= 15 is 0 Å². The Morgan fingerprint density at radius 1 is 0.875 bits per heavy atom. The second-order valence-corrected chi connectivity index (χ2v) is 13.3. The minimum Gasteiger partial charge on any atom is -0.345 e. The van der Waals surface area contributed by atoms with Gasteiger partial charge < -0.3 is 5.32 Å². The lowest BCUT2D eigenvalue weighted by molar-refractivity contribution is 0.0940. The number of carbonyl (C=O) groups is 1. The van der Waals surface area contributed by atoms with E-state index in [9.17, 15) is 13.2 Å². The molecule has 0 aliphatic heterocycles. The van der Waals surface area contributed by atoms with Crippen molar-refractivity contribution in [2.24, 2.45) is 0 Å². The molecule has 1 unspecified atom stereocenters. The van der Waals surface area contributed by atoms with E-state index in [1.807, 2.05) is 26.0 Å².